The van der Waals surface area contributed by atoms with E-state index in [-0.39, 0.29) is 0 Å². The Morgan fingerprint density at radius 3 is 2.71 bits per heavy atom. The summed E-state index contributed by atoms with van der Waals surface area (Å²) in [6, 6.07) is 8.47. The summed E-state index contributed by atoms with van der Waals surface area (Å²) in [7, 11) is 0. The summed E-state index contributed by atoms with van der Waals surface area (Å²) in [5, 5.41) is 0. The van der Waals surface area contributed by atoms with Crippen molar-refractivity contribution >= 4 is 11.0 Å². The zero-order chi connectivity index (χ0) is 12.3. The van der Waals surface area contributed by atoms with Crippen LogP contribution in [0.3, 0.4) is 0 Å². The quantitative estimate of drug-likeness (QED) is 0.758. The summed E-state index contributed by atoms with van der Waals surface area (Å²) in [4.78, 5) is 4.75. The number of aryl methyl sites for hydroxylation is 1. The number of fused-ring (bicyclic) bond motifs is 1. The minimum atomic E-state index is 0.711. The van der Waals surface area contributed by atoms with E-state index in [0.29, 0.717) is 5.92 Å². The normalized spacial score (nSPS) is 13.1. The van der Waals surface area contributed by atoms with Gasteiger partial charge in [0.1, 0.15) is 5.82 Å². The molecule has 0 aliphatic carbocycles. The molecular weight excluding hydrogens is 208 g/mol. The van der Waals surface area contributed by atoms with Crippen LogP contribution in [0.5, 0.6) is 0 Å². The Morgan fingerprint density at radius 1 is 1.24 bits per heavy atom. The molecule has 0 aliphatic rings. The standard InChI is InChI=1S/C15H22N2/c1-4-8-15-16-13-9-6-7-10-14(13)17(15)11-12(3)5-2/h6-7,9-10,12H,4-5,8,11H2,1-3H3/t12-/m0/s1. The van der Waals surface area contributed by atoms with Gasteiger partial charge in [0.25, 0.3) is 0 Å². The highest BCUT2D eigenvalue weighted by atomic mass is 15.1. The van der Waals surface area contributed by atoms with Crippen molar-refractivity contribution in [3.63, 3.8) is 0 Å². The molecule has 1 heterocycles. The molecule has 0 bridgehead atoms. The van der Waals surface area contributed by atoms with Crippen LogP contribution < -0.4 is 0 Å². The molecule has 92 valence electrons. The van der Waals surface area contributed by atoms with Gasteiger partial charge >= 0.3 is 0 Å². The molecule has 0 aliphatic heterocycles. The first-order chi connectivity index (χ1) is 8.26. The molecular formula is C15H22N2. The Kier molecular flexibility index (Phi) is 3.82. The molecule has 2 heteroatoms. The fourth-order valence-corrected chi connectivity index (χ4v) is 2.18. The molecule has 0 saturated heterocycles. The van der Waals surface area contributed by atoms with Crippen molar-refractivity contribution in [3.05, 3.63) is 30.1 Å². The van der Waals surface area contributed by atoms with Crippen LogP contribution >= 0.6 is 0 Å². The Morgan fingerprint density at radius 2 is 2.00 bits per heavy atom. The number of rotatable bonds is 5. The van der Waals surface area contributed by atoms with Crippen LogP contribution in [-0.2, 0) is 13.0 Å². The molecule has 0 fully saturated rings. The molecule has 2 aromatic rings. The second-order valence-corrected chi connectivity index (χ2v) is 4.89. The summed E-state index contributed by atoms with van der Waals surface area (Å²) in [6.45, 7) is 7.87. The van der Waals surface area contributed by atoms with E-state index in [1.807, 2.05) is 0 Å². The average Bonchev–Trinajstić information content (AvgIpc) is 2.68. The highest BCUT2D eigenvalue weighted by molar-refractivity contribution is 5.75. The zero-order valence-corrected chi connectivity index (χ0v) is 11.1. The van der Waals surface area contributed by atoms with Crippen molar-refractivity contribution in [2.75, 3.05) is 0 Å². The Bertz CT molecular complexity index is 485. The maximum Gasteiger partial charge on any atom is 0.109 e. The fourth-order valence-electron chi connectivity index (χ4n) is 2.18. The lowest BCUT2D eigenvalue weighted by molar-refractivity contribution is 0.464. The Labute approximate surface area is 104 Å². The molecule has 1 aromatic heterocycles. The van der Waals surface area contributed by atoms with Gasteiger partial charge in [-0.1, -0.05) is 39.3 Å². The molecule has 1 aromatic carbocycles. The van der Waals surface area contributed by atoms with Crippen LogP contribution in [0.4, 0.5) is 0 Å². The zero-order valence-electron chi connectivity index (χ0n) is 11.1. The summed E-state index contributed by atoms with van der Waals surface area (Å²) < 4.78 is 2.41. The second kappa shape index (κ2) is 5.35. The Balaban J connectivity index is 2.44. The van der Waals surface area contributed by atoms with Crippen molar-refractivity contribution in [1.29, 1.82) is 0 Å². The van der Waals surface area contributed by atoms with Gasteiger partial charge in [0, 0.05) is 13.0 Å². The molecule has 2 rings (SSSR count). The minimum Gasteiger partial charge on any atom is -0.328 e. The van der Waals surface area contributed by atoms with E-state index in [4.69, 9.17) is 4.98 Å². The van der Waals surface area contributed by atoms with Crippen LogP contribution in [0.1, 0.15) is 39.4 Å². The topological polar surface area (TPSA) is 17.8 Å². The highest BCUT2D eigenvalue weighted by Gasteiger charge is 2.11. The molecule has 0 radical (unpaired) electrons. The van der Waals surface area contributed by atoms with Gasteiger partial charge in [-0.05, 0) is 24.5 Å². The number of hydrogen-bond acceptors (Lipinski definition) is 1. The molecule has 0 unspecified atom stereocenters. The third kappa shape index (κ3) is 2.51. The molecule has 0 amide bonds. The predicted molar refractivity (Wildman–Crippen MR) is 73.2 cm³/mol. The van der Waals surface area contributed by atoms with E-state index < -0.39 is 0 Å². The highest BCUT2D eigenvalue weighted by Crippen LogP contribution is 2.19. The summed E-state index contributed by atoms with van der Waals surface area (Å²) in [5.41, 5.74) is 2.43. The van der Waals surface area contributed by atoms with Gasteiger partial charge < -0.3 is 4.57 Å². The number of benzene rings is 1. The van der Waals surface area contributed by atoms with Crippen LogP contribution in [0.15, 0.2) is 24.3 Å². The third-order valence-corrected chi connectivity index (χ3v) is 3.40. The van der Waals surface area contributed by atoms with Gasteiger partial charge in [-0.15, -0.1) is 0 Å². The summed E-state index contributed by atoms with van der Waals surface area (Å²) in [5.74, 6) is 1.96. The van der Waals surface area contributed by atoms with Crippen molar-refractivity contribution < 1.29 is 0 Å². The first kappa shape index (κ1) is 12.2. The van der Waals surface area contributed by atoms with Crippen molar-refractivity contribution in [2.45, 2.75) is 46.6 Å². The largest absolute Gasteiger partial charge is 0.328 e. The number of hydrogen-bond donors (Lipinski definition) is 0. The van der Waals surface area contributed by atoms with Crippen LogP contribution in [0, 0.1) is 5.92 Å². The van der Waals surface area contributed by atoms with Crippen molar-refractivity contribution in [1.82, 2.24) is 9.55 Å². The number of aromatic nitrogens is 2. The fraction of sp³-hybridized carbons (Fsp3) is 0.533. The van der Waals surface area contributed by atoms with Gasteiger partial charge in [0.15, 0.2) is 0 Å². The van der Waals surface area contributed by atoms with Crippen LogP contribution in [-0.4, -0.2) is 9.55 Å². The maximum absolute atomic E-state index is 4.75. The minimum absolute atomic E-state index is 0.711. The predicted octanol–water partition coefficient (Wildman–Crippen LogP) is 4.03. The monoisotopic (exact) mass is 230 g/mol. The van der Waals surface area contributed by atoms with Gasteiger partial charge in [-0.2, -0.15) is 0 Å². The van der Waals surface area contributed by atoms with E-state index in [1.165, 1.54) is 17.8 Å². The molecule has 0 N–H and O–H groups in total. The van der Waals surface area contributed by atoms with E-state index in [0.717, 1.165) is 24.9 Å². The lowest BCUT2D eigenvalue weighted by Crippen LogP contribution is -2.10. The second-order valence-electron chi connectivity index (χ2n) is 4.89. The molecule has 2 nitrogen and oxygen atoms in total. The average molecular weight is 230 g/mol. The van der Waals surface area contributed by atoms with Gasteiger partial charge in [0.2, 0.25) is 0 Å². The van der Waals surface area contributed by atoms with E-state index >= 15 is 0 Å². The van der Waals surface area contributed by atoms with Crippen molar-refractivity contribution in [3.8, 4) is 0 Å². The lowest BCUT2D eigenvalue weighted by Gasteiger charge is -2.13. The van der Waals surface area contributed by atoms with Crippen LogP contribution in [0.25, 0.3) is 11.0 Å². The Hall–Kier alpha value is -1.31. The summed E-state index contributed by atoms with van der Waals surface area (Å²) >= 11 is 0. The number of nitrogens with zero attached hydrogens (tertiary/aromatic N) is 2. The van der Waals surface area contributed by atoms with Gasteiger partial charge in [-0.3, -0.25) is 0 Å². The first-order valence-electron chi connectivity index (χ1n) is 6.70. The van der Waals surface area contributed by atoms with Crippen molar-refractivity contribution in [2.24, 2.45) is 5.92 Å². The van der Waals surface area contributed by atoms with E-state index in [2.05, 4.69) is 49.6 Å². The molecule has 0 saturated carbocycles. The maximum atomic E-state index is 4.75. The molecule has 17 heavy (non-hydrogen) atoms. The SMILES string of the molecule is CCCc1nc2ccccc2n1C[C@@H](C)CC. The molecule has 0 spiro atoms. The third-order valence-electron chi connectivity index (χ3n) is 3.40. The van der Waals surface area contributed by atoms with Gasteiger partial charge in [-0.25, -0.2) is 4.98 Å². The lowest BCUT2D eigenvalue weighted by atomic mass is 10.1. The summed E-state index contributed by atoms with van der Waals surface area (Å²) in [6.07, 6.45) is 3.45. The first-order valence-corrected chi connectivity index (χ1v) is 6.70. The van der Waals surface area contributed by atoms with Crippen LogP contribution in [0.2, 0.25) is 0 Å². The molecule has 1 atom stereocenters. The smallest absolute Gasteiger partial charge is 0.109 e. The van der Waals surface area contributed by atoms with Gasteiger partial charge in [0.05, 0.1) is 11.0 Å². The van der Waals surface area contributed by atoms with E-state index in [9.17, 15) is 0 Å². The number of imidazole rings is 1. The number of para-hydroxylation sites is 2. The van der Waals surface area contributed by atoms with E-state index in [1.54, 1.807) is 0 Å².